The fourth-order valence-corrected chi connectivity index (χ4v) is 4.28. The molecule has 0 unspecified atom stereocenters. The van der Waals surface area contributed by atoms with E-state index in [1.54, 1.807) is 0 Å². The Bertz CT molecular complexity index is 653. The van der Waals surface area contributed by atoms with Gasteiger partial charge in [0.15, 0.2) is 0 Å². The number of imide groups is 1. The van der Waals surface area contributed by atoms with Gasteiger partial charge in [0.1, 0.15) is 6.29 Å². The summed E-state index contributed by atoms with van der Waals surface area (Å²) >= 11 is 0. The van der Waals surface area contributed by atoms with E-state index in [2.05, 4.69) is 22.3 Å². The Balaban J connectivity index is 1.39. The standard InChI is InChI=1S/C18H20N2O3/c21-9-12-7-18(8-12)10-20(11-18)14-3-1-13(2-4-14)15-5-6-16(22)19-17(15)23/h1-4,9,12,15H,5-8,10-11H2,(H,19,22,23)/t15-/m1/s1. The van der Waals surface area contributed by atoms with E-state index in [1.807, 2.05) is 12.1 Å². The number of benzene rings is 1. The summed E-state index contributed by atoms with van der Waals surface area (Å²) in [7, 11) is 0. The van der Waals surface area contributed by atoms with Crippen molar-refractivity contribution in [1.29, 1.82) is 0 Å². The number of amides is 2. The Morgan fingerprint density at radius 1 is 1.13 bits per heavy atom. The molecule has 3 fully saturated rings. The molecule has 1 aromatic carbocycles. The number of rotatable bonds is 3. The van der Waals surface area contributed by atoms with Crippen molar-refractivity contribution in [3.8, 4) is 0 Å². The van der Waals surface area contributed by atoms with Crippen LogP contribution in [0, 0.1) is 11.3 Å². The van der Waals surface area contributed by atoms with Gasteiger partial charge < -0.3 is 9.69 Å². The van der Waals surface area contributed by atoms with Gasteiger partial charge in [0.25, 0.3) is 0 Å². The third-order valence-corrected chi connectivity index (χ3v) is 5.54. The molecule has 0 bridgehead atoms. The number of piperidine rings is 1. The van der Waals surface area contributed by atoms with Crippen molar-refractivity contribution < 1.29 is 14.4 Å². The SMILES string of the molecule is O=CC1CC2(C1)CN(c1ccc([C@H]3CCC(=O)NC3=O)cc1)C2. The van der Waals surface area contributed by atoms with E-state index in [0.717, 1.165) is 37.8 Å². The topological polar surface area (TPSA) is 66.5 Å². The molecule has 120 valence electrons. The average molecular weight is 312 g/mol. The summed E-state index contributed by atoms with van der Waals surface area (Å²) in [5.41, 5.74) is 2.51. The smallest absolute Gasteiger partial charge is 0.234 e. The van der Waals surface area contributed by atoms with Gasteiger partial charge in [0.05, 0.1) is 5.92 Å². The van der Waals surface area contributed by atoms with Crippen LogP contribution in [-0.4, -0.2) is 31.2 Å². The molecule has 1 aliphatic carbocycles. The quantitative estimate of drug-likeness (QED) is 0.680. The lowest BCUT2D eigenvalue weighted by atomic mass is 9.58. The van der Waals surface area contributed by atoms with Crippen LogP contribution in [0.1, 0.15) is 37.2 Å². The minimum atomic E-state index is -0.218. The van der Waals surface area contributed by atoms with E-state index in [4.69, 9.17) is 0 Å². The number of carbonyl (C=O) groups excluding carboxylic acids is 3. The lowest BCUT2D eigenvalue weighted by molar-refractivity contribution is -0.134. The molecule has 4 rings (SSSR count). The van der Waals surface area contributed by atoms with Gasteiger partial charge in [0.2, 0.25) is 11.8 Å². The first-order valence-corrected chi connectivity index (χ1v) is 8.22. The van der Waals surface area contributed by atoms with E-state index in [0.29, 0.717) is 18.3 Å². The minimum Gasteiger partial charge on any atom is -0.370 e. The molecule has 1 saturated carbocycles. The molecular formula is C18H20N2O3. The second kappa shape index (κ2) is 5.18. The van der Waals surface area contributed by atoms with E-state index >= 15 is 0 Å². The highest BCUT2D eigenvalue weighted by Gasteiger charge is 2.52. The molecular weight excluding hydrogens is 292 g/mol. The maximum atomic E-state index is 11.9. The number of aldehydes is 1. The van der Waals surface area contributed by atoms with Gasteiger partial charge in [-0.05, 0) is 37.0 Å². The number of nitrogens with one attached hydrogen (secondary N) is 1. The molecule has 2 amide bonds. The van der Waals surface area contributed by atoms with Gasteiger partial charge in [-0.1, -0.05) is 12.1 Å². The summed E-state index contributed by atoms with van der Waals surface area (Å²) in [5.74, 6) is -0.314. The van der Waals surface area contributed by atoms with E-state index in [-0.39, 0.29) is 23.7 Å². The predicted molar refractivity (Wildman–Crippen MR) is 85.0 cm³/mol. The highest BCUT2D eigenvalue weighted by atomic mass is 16.2. The second-order valence-corrected chi connectivity index (χ2v) is 7.26. The van der Waals surface area contributed by atoms with Crippen molar-refractivity contribution in [2.75, 3.05) is 18.0 Å². The molecule has 23 heavy (non-hydrogen) atoms. The zero-order valence-electron chi connectivity index (χ0n) is 13.0. The van der Waals surface area contributed by atoms with Crippen molar-refractivity contribution in [1.82, 2.24) is 5.32 Å². The van der Waals surface area contributed by atoms with E-state index in [1.165, 1.54) is 5.69 Å². The summed E-state index contributed by atoms with van der Waals surface area (Å²) < 4.78 is 0. The average Bonchev–Trinajstić information content (AvgIpc) is 2.46. The molecule has 2 heterocycles. The van der Waals surface area contributed by atoms with Crippen LogP contribution in [0.5, 0.6) is 0 Å². The molecule has 1 atom stereocenters. The molecule has 0 radical (unpaired) electrons. The maximum Gasteiger partial charge on any atom is 0.234 e. The van der Waals surface area contributed by atoms with Crippen LogP contribution in [0.4, 0.5) is 5.69 Å². The fourth-order valence-electron chi connectivity index (χ4n) is 4.28. The largest absolute Gasteiger partial charge is 0.370 e. The van der Waals surface area contributed by atoms with Crippen molar-refractivity contribution >= 4 is 23.8 Å². The molecule has 2 aliphatic heterocycles. The van der Waals surface area contributed by atoms with Crippen LogP contribution in [0.15, 0.2) is 24.3 Å². The lowest BCUT2D eigenvalue weighted by Gasteiger charge is -2.59. The molecule has 2 saturated heterocycles. The van der Waals surface area contributed by atoms with Gasteiger partial charge in [-0.25, -0.2) is 0 Å². The summed E-state index contributed by atoms with van der Waals surface area (Å²) in [6.07, 6.45) is 4.14. The summed E-state index contributed by atoms with van der Waals surface area (Å²) in [6.45, 7) is 2.05. The number of anilines is 1. The van der Waals surface area contributed by atoms with Gasteiger partial charge in [-0.15, -0.1) is 0 Å². The first-order chi connectivity index (χ1) is 11.1. The van der Waals surface area contributed by atoms with Gasteiger partial charge >= 0.3 is 0 Å². The van der Waals surface area contributed by atoms with Crippen LogP contribution in [-0.2, 0) is 14.4 Å². The highest BCUT2D eigenvalue weighted by Crippen LogP contribution is 2.52. The third kappa shape index (κ3) is 2.44. The van der Waals surface area contributed by atoms with Crippen LogP contribution in [0.2, 0.25) is 0 Å². The summed E-state index contributed by atoms with van der Waals surface area (Å²) in [6, 6.07) is 8.11. The van der Waals surface area contributed by atoms with Crippen molar-refractivity contribution in [3.63, 3.8) is 0 Å². The predicted octanol–water partition coefficient (Wildman–Crippen LogP) is 1.62. The van der Waals surface area contributed by atoms with Crippen LogP contribution in [0.3, 0.4) is 0 Å². The third-order valence-electron chi connectivity index (χ3n) is 5.54. The zero-order valence-corrected chi connectivity index (χ0v) is 13.0. The molecule has 1 N–H and O–H groups in total. The number of carbonyl (C=O) groups is 3. The Morgan fingerprint density at radius 2 is 1.83 bits per heavy atom. The highest BCUT2D eigenvalue weighted by molar-refractivity contribution is 6.00. The molecule has 1 spiro atoms. The lowest BCUT2D eigenvalue weighted by Crippen LogP contribution is -2.62. The normalized spacial score (nSPS) is 26.4. The van der Waals surface area contributed by atoms with Crippen LogP contribution < -0.4 is 10.2 Å². The van der Waals surface area contributed by atoms with E-state index in [9.17, 15) is 14.4 Å². The summed E-state index contributed by atoms with van der Waals surface area (Å²) in [4.78, 5) is 36.2. The molecule has 0 aromatic heterocycles. The second-order valence-electron chi connectivity index (χ2n) is 7.26. The van der Waals surface area contributed by atoms with Crippen molar-refractivity contribution in [3.05, 3.63) is 29.8 Å². The Labute approximate surface area is 135 Å². The van der Waals surface area contributed by atoms with Crippen LogP contribution in [0.25, 0.3) is 0 Å². The van der Waals surface area contributed by atoms with Gasteiger partial charge in [0, 0.05) is 36.5 Å². The van der Waals surface area contributed by atoms with Crippen LogP contribution >= 0.6 is 0 Å². The van der Waals surface area contributed by atoms with E-state index < -0.39 is 0 Å². The summed E-state index contributed by atoms with van der Waals surface area (Å²) in [5, 5.41) is 2.41. The number of hydrogen-bond acceptors (Lipinski definition) is 4. The maximum absolute atomic E-state index is 11.9. The van der Waals surface area contributed by atoms with Crippen molar-refractivity contribution in [2.24, 2.45) is 11.3 Å². The minimum absolute atomic E-state index is 0.178. The first kappa shape index (κ1) is 14.4. The van der Waals surface area contributed by atoms with Gasteiger partial charge in [-0.3, -0.25) is 14.9 Å². The Hall–Kier alpha value is -2.17. The zero-order chi connectivity index (χ0) is 16.0. The number of hydrogen-bond donors (Lipinski definition) is 1. The van der Waals surface area contributed by atoms with Gasteiger partial charge in [-0.2, -0.15) is 0 Å². The fraction of sp³-hybridized carbons (Fsp3) is 0.500. The molecule has 3 aliphatic rings. The Morgan fingerprint density at radius 3 is 2.43 bits per heavy atom. The first-order valence-electron chi connectivity index (χ1n) is 8.22. The monoisotopic (exact) mass is 312 g/mol. The van der Waals surface area contributed by atoms with Crippen molar-refractivity contribution in [2.45, 2.75) is 31.6 Å². The molecule has 5 nitrogen and oxygen atoms in total. The Kier molecular flexibility index (Phi) is 3.25. The molecule has 5 heteroatoms. The molecule has 1 aromatic rings. The number of nitrogens with zero attached hydrogens (tertiary/aromatic N) is 1.